The lowest BCUT2D eigenvalue weighted by atomic mass is 10.0. The molecule has 2 aliphatic rings. The molecule has 1 saturated carbocycles. The first-order valence-corrected chi connectivity index (χ1v) is 16.1. The predicted molar refractivity (Wildman–Crippen MR) is 171 cm³/mol. The number of amides is 2. The molecule has 0 N–H and O–H groups in total. The highest BCUT2D eigenvalue weighted by Crippen LogP contribution is 2.38. The molecule has 47 heavy (non-hydrogen) atoms. The van der Waals surface area contributed by atoms with Crippen molar-refractivity contribution in [3.63, 3.8) is 0 Å². The van der Waals surface area contributed by atoms with Crippen LogP contribution in [0.5, 0.6) is 11.5 Å². The average Bonchev–Trinajstić information content (AvgIpc) is 3.76. The van der Waals surface area contributed by atoms with Crippen molar-refractivity contribution in [2.24, 2.45) is 5.92 Å². The fraction of sp³-hybridized carbons (Fsp3) is 0.412. The average molecular weight is 691 g/mol. The molecule has 0 radical (unpaired) electrons. The Hall–Kier alpha value is -3.96. The number of nitrogens with zero attached hydrogens (tertiary/aromatic N) is 3. The molecule has 0 unspecified atom stereocenters. The van der Waals surface area contributed by atoms with E-state index in [9.17, 15) is 23.2 Å². The monoisotopic (exact) mass is 689 g/mol. The Morgan fingerprint density at radius 1 is 1.00 bits per heavy atom. The zero-order valence-corrected chi connectivity index (χ0v) is 27.5. The summed E-state index contributed by atoms with van der Waals surface area (Å²) in [6.45, 7) is -2.27. The maximum absolute atomic E-state index is 13.5. The molecule has 9 nitrogen and oxygen atoms in total. The van der Waals surface area contributed by atoms with Crippen LogP contribution in [-0.2, 0) is 16.0 Å². The lowest BCUT2D eigenvalue weighted by molar-refractivity contribution is -0.150. The molecule has 1 aliphatic heterocycles. The second kappa shape index (κ2) is 15.3. The van der Waals surface area contributed by atoms with E-state index in [0.717, 1.165) is 12.8 Å². The number of likely N-dealkylation sites (tertiary alicyclic amines) is 1. The maximum atomic E-state index is 13.5. The Balaban J connectivity index is 1.37. The molecule has 13 heteroatoms. The number of ether oxygens (including phenoxy) is 3. The van der Waals surface area contributed by atoms with Crippen molar-refractivity contribution in [3.05, 3.63) is 87.2 Å². The van der Waals surface area contributed by atoms with E-state index in [0.29, 0.717) is 54.2 Å². The van der Waals surface area contributed by atoms with Crippen LogP contribution in [0.3, 0.4) is 0 Å². The summed E-state index contributed by atoms with van der Waals surface area (Å²) in [7, 11) is 3.27. The van der Waals surface area contributed by atoms with Gasteiger partial charge in [-0.15, -0.1) is 0 Å². The Morgan fingerprint density at radius 3 is 2.40 bits per heavy atom. The van der Waals surface area contributed by atoms with Crippen LogP contribution in [-0.4, -0.2) is 72.5 Å². The minimum atomic E-state index is -3.06. The van der Waals surface area contributed by atoms with Crippen LogP contribution in [0.15, 0.2) is 54.9 Å². The van der Waals surface area contributed by atoms with Crippen LogP contribution in [0.2, 0.25) is 10.0 Å². The number of hydrogen-bond donors (Lipinski definition) is 0. The van der Waals surface area contributed by atoms with Crippen molar-refractivity contribution in [2.75, 3.05) is 27.2 Å². The van der Waals surface area contributed by atoms with Gasteiger partial charge in [0.2, 0.25) is 0 Å². The molecule has 5 rings (SSSR count). The van der Waals surface area contributed by atoms with E-state index < -0.39 is 24.7 Å². The lowest BCUT2D eigenvalue weighted by Crippen LogP contribution is -2.37. The van der Waals surface area contributed by atoms with E-state index in [1.54, 1.807) is 43.3 Å². The normalized spacial score (nSPS) is 16.6. The van der Waals surface area contributed by atoms with E-state index in [2.05, 4.69) is 9.72 Å². The van der Waals surface area contributed by atoms with Gasteiger partial charge in [0.25, 0.3) is 11.8 Å². The molecule has 1 saturated heterocycles. The Kier molecular flexibility index (Phi) is 11.2. The highest BCUT2D eigenvalue weighted by Gasteiger charge is 2.33. The second-order valence-electron chi connectivity index (χ2n) is 11.9. The maximum Gasteiger partial charge on any atom is 0.387 e. The van der Waals surface area contributed by atoms with Gasteiger partial charge in [0.1, 0.15) is 6.10 Å². The third-order valence-electron chi connectivity index (χ3n) is 8.15. The van der Waals surface area contributed by atoms with Gasteiger partial charge in [0, 0.05) is 56.6 Å². The van der Waals surface area contributed by atoms with Gasteiger partial charge in [0.15, 0.2) is 11.5 Å². The highest BCUT2D eigenvalue weighted by atomic mass is 35.5. The molecule has 2 atom stereocenters. The molecule has 2 heterocycles. The highest BCUT2D eigenvalue weighted by molar-refractivity contribution is 6.35. The van der Waals surface area contributed by atoms with Crippen LogP contribution in [0.4, 0.5) is 8.78 Å². The van der Waals surface area contributed by atoms with Crippen LogP contribution >= 0.6 is 23.2 Å². The molecular formula is C34H35Cl2F2N3O6. The molecule has 2 fully saturated rings. The number of aromatic nitrogens is 1. The number of carbonyl (C=O) groups is 3. The third kappa shape index (κ3) is 8.90. The van der Waals surface area contributed by atoms with Crippen LogP contribution in [0, 0.1) is 5.92 Å². The Bertz CT molecular complexity index is 1600. The van der Waals surface area contributed by atoms with Gasteiger partial charge in [-0.3, -0.25) is 19.4 Å². The van der Waals surface area contributed by atoms with Crippen molar-refractivity contribution in [3.8, 4) is 11.5 Å². The SMILES string of the molecule is CN(C)C(=O)c1cccc(C(=O)N2CCC[C@H]2CC(=O)O[C@@H](Cc2c(Cl)cncc2Cl)c2ccc(OC(F)F)c(OCC3CC3)c2)c1. The topological polar surface area (TPSA) is 98.3 Å². The molecule has 250 valence electrons. The van der Waals surface area contributed by atoms with Crippen molar-refractivity contribution < 1.29 is 37.4 Å². The number of halogens is 4. The third-order valence-corrected chi connectivity index (χ3v) is 8.80. The van der Waals surface area contributed by atoms with Gasteiger partial charge in [-0.25, -0.2) is 0 Å². The molecule has 0 bridgehead atoms. The predicted octanol–water partition coefficient (Wildman–Crippen LogP) is 7.00. The standard InChI is InChI=1S/C34H35Cl2F2N3O6/c1-40(2)32(43)22-5-3-6-23(13-22)33(44)41-12-4-7-24(41)15-31(42)46-29(16-25-26(35)17-39-18-27(25)36)21-10-11-28(47-34(37)38)30(14-21)45-19-20-8-9-20/h3,5-6,10-11,13-14,17-18,20,24,29,34H,4,7-9,12,15-16,19H2,1-2H3/t24-,29-/m0/s1. The summed E-state index contributed by atoms with van der Waals surface area (Å²) in [4.78, 5) is 46.6. The number of rotatable bonds is 13. The van der Waals surface area contributed by atoms with Crippen molar-refractivity contribution in [1.82, 2.24) is 14.8 Å². The number of carbonyl (C=O) groups excluding carboxylic acids is 3. The van der Waals surface area contributed by atoms with E-state index in [4.69, 9.17) is 32.7 Å². The fourth-order valence-corrected chi connectivity index (χ4v) is 6.01. The summed E-state index contributed by atoms with van der Waals surface area (Å²) in [6.07, 6.45) is 5.14. The molecule has 3 aromatic rings. The zero-order chi connectivity index (χ0) is 33.7. The van der Waals surface area contributed by atoms with E-state index in [1.165, 1.54) is 35.5 Å². The minimum Gasteiger partial charge on any atom is -0.489 e. The van der Waals surface area contributed by atoms with Gasteiger partial charge in [0.05, 0.1) is 23.1 Å². The summed E-state index contributed by atoms with van der Waals surface area (Å²) < 4.78 is 42.9. The molecule has 2 aromatic carbocycles. The van der Waals surface area contributed by atoms with Crippen LogP contribution in [0.1, 0.15) is 70.1 Å². The summed E-state index contributed by atoms with van der Waals surface area (Å²) in [5.41, 5.74) is 1.68. The largest absolute Gasteiger partial charge is 0.489 e. The Labute approximate surface area is 281 Å². The zero-order valence-electron chi connectivity index (χ0n) is 26.0. The van der Waals surface area contributed by atoms with Gasteiger partial charge in [-0.2, -0.15) is 8.78 Å². The van der Waals surface area contributed by atoms with Gasteiger partial charge in [-0.05, 0) is 73.1 Å². The smallest absolute Gasteiger partial charge is 0.387 e. The van der Waals surface area contributed by atoms with Gasteiger partial charge >= 0.3 is 12.6 Å². The fourth-order valence-electron chi connectivity index (χ4n) is 5.49. The summed E-state index contributed by atoms with van der Waals surface area (Å²) in [5, 5.41) is 0.535. The van der Waals surface area contributed by atoms with Gasteiger partial charge in [-0.1, -0.05) is 35.3 Å². The van der Waals surface area contributed by atoms with Crippen LogP contribution < -0.4 is 9.47 Å². The second-order valence-corrected chi connectivity index (χ2v) is 12.7. The number of benzene rings is 2. The number of esters is 1. The van der Waals surface area contributed by atoms with E-state index >= 15 is 0 Å². The molecule has 0 spiro atoms. The molecule has 1 aromatic heterocycles. The lowest BCUT2D eigenvalue weighted by Gasteiger charge is -2.26. The van der Waals surface area contributed by atoms with Gasteiger partial charge < -0.3 is 24.0 Å². The number of hydrogen-bond acceptors (Lipinski definition) is 7. The summed E-state index contributed by atoms with van der Waals surface area (Å²) in [5.74, 6) is -0.777. The van der Waals surface area contributed by atoms with E-state index in [1.807, 2.05) is 0 Å². The summed E-state index contributed by atoms with van der Waals surface area (Å²) >= 11 is 12.8. The molecule has 1 aliphatic carbocycles. The van der Waals surface area contributed by atoms with E-state index in [-0.39, 0.29) is 46.2 Å². The molecular weight excluding hydrogens is 655 g/mol. The first kappa shape index (κ1) is 34.4. The first-order valence-electron chi connectivity index (χ1n) is 15.3. The van der Waals surface area contributed by atoms with Crippen molar-refractivity contribution in [1.29, 1.82) is 0 Å². The molecule has 2 amide bonds. The van der Waals surface area contributed by atoms with Crippen LogP contribution in [0.25, 0.3) is 0 Å². The quantitative estimate of drug-likeness (QED) is 0.178. The summed E-state index contributed by atoms with van der Waals surface area (Å²) in [6, 6.07) is 10.5. The van der Waals surface area contributed by atoms with Crippen molar-refractivity contribution >= 4 is 41.0 Å². The van der Waals surface area contributed by atoms with Crippen molar-refractivity contribution in [2.45, 2.75) is 57.3 Å². The first-order chi connectivity index (χ1) is 22.5. The Morgan fingerprint density at radius 2 is 1.72 bits per heavy atom. The number of pyridine rings is 1. The minimum absolute atomic E-state index is 0.0586. The number of alkyl halides is 2.